The van der Waals surface area contributed by atoms with E-state index in [1.165, 1.54) is 17.7 Å². The summed E-state index contributed by atoms with van der Waals surface area (Å²) in [5, 5.41) is 12.1. The Morgan fingerprint density at radius 1 is 1.53 bits per heavy atom. The standard InChI is InChI=1S/C12H15N3O3S/c1-3-18-11-8-7(2)9(10(17)13-4-5-16)19-12(8)15-6-14-11/h6,16H,3-5H2,1-2H3,(H,13,17). The fraction of sp³-hybridized carbons (Fsp3) is 0.417. The third-order valence-electron chi connectivity index (χ3n) is 2.58. The van der Waals surface area contributed by atoms with Gasteiger partial charge in [-0.05, 0) is 19.4 Å². The quantitative estimate of drug-likeness (QED) is 0.858. The number of amides is 1. The summed E-state index contributed by atoms with van der Waals surface area (Å²) >= 11 is 1.30. The van der Waals surface area contributed by atoms with E-state index in [-0.39, 0.29) is 19.1 Å². The molecular formula is C12H15N3O3S. The normalized spacial score (nSPS) is 10.7. The van der Waals surface area contributed by atoms with E-state index in [1.54, 1.807) is 0 Å². The summed E-state index contributed by atoms with van der Waals surface area (Å²) < 4.78 is 5.46. The summed E-state index contributed by atoms with van der Waals surface area (Å²) in [7, 11) is 0. The van der Waals surface area contributed by atoms with E-state index < -0.39 is 0 Å². The number of nitrogens with one attached hydrogen (secondary N) is 1. The van der Waals surface area contributed by atoms with E-state index in [1.807, 2.05) is 13.8 Å². The predicted molar refractivity (Wildman–Crippen MR) is 72.7 cm³/mol. The molecule has 2 aromatic rings. The van der Waals surface area contributed by atoms with Crippen LogP contribution in [-0.2, 0) is 0 Å². The van der Waals surface area contributed by atoms with E-state index in [2.05, 4.69) is 15.3 Å². The van der Waals surface area contributed by atoms with Crippen LogP contribution in [0.5, 0.6) is 5.88 Å². The van der Waals surface area contributed by atoms with Crippen molar-refractivity contribution in [2.75, 3.05) is 19.8 Å². The Morgan fingerprint density at radius 3 is 3.00 bits per heavy atom. The third kappa shape index (κ3) is 2.66. The lowest BCUT2D eigenvalue weighted by atomic mass is 10.2. The number of hydrogen-bond acceptors (Lipinski definition) is 6. The minimum Gasteiger partial charge on any atom is -0.477 e. The highest BCUT2D eigenvalue weighted by Crippen LogP contribution is 2.34. The Hall–Kier alpha value is -1.73. The molecule has 0 aromatic carbocycles. The maximum Gasteiger partial charge on any atom is 0.261 e. The van der Waals surface area contributed by atoms with Gasteiger partial charge in [0, 0.05) is 6.54 Å². The average molecular weight is 281 g/mol. The van der Waals surface area contributed by atoms with Crippen LogP contribution in [0.25, 0.3) is 10.2 Å². The zero-order valence-electron chi connectivity index (χ0n) is 10.8. The number of rotatable bonds is 5. The molecular weight excluding hydrogens is 266 g/mol. The smallest absolute Gasteiger partial charge is 0.261 e. The van der Waals surface area contributed by atoms with Crippen LogP contribution in [0.15, 0.2) is 6.33 Å². The molecule has 1 amide bonds. The Kier molecular flexibility index (Phi) is 4.28. The van der Waals surface area contributed by atoms with Crippen LogP contribution in [-0.4, -0.2) is 40.7 Å². The second kappa shape index (κ2) is 5.94. The number of carbonyl (C=O) groups excluding carboxylic acids is 1. The highest BCUT2D eigenvalue weighted by molar-refractivity contribution is 7.20. The summed E-state index contributed by atoms with van der Waals surface area (Å²) in [6.45, 7) is 4.38. The first-order chi connectivity index (χ1) is 9.19. The fourth-order valence-corrected chi connectivity index (χ4v) is 2.81. The van der Waals surface area contributed by atoms with Crippen molar-refractivity contribution in [3.8, 4) is 5.88 Å². The fourth-order valence-electron chi connectivity index (χ4n) is 1.75. The van der Waals surface area contributed by atoms with Gasteiger partial charge in [0.05, 0.1) is 23.5 Å². The number of nitrogens with zero attached hydrogens (tertiary/aromatic N) is 2. The molecule has 2 heterocycles. The van der Waals surface area contributed by atoms with Crippen molar-refractivity contribution in [2.24, 2.45) is 0 Å². The molecule has 6 nitrogen and oxygen atoms in total. The van der Waals surface area contributed by atoms with Crippen LogP contribution in [0.3, 0.4) is 0 Å². The van der Waals surface area contributed by atoms with Gasteiger partial charge < -0.3 is 15.2 Å². The highest BCUT2D eigenvalue weighted by Gasteiger charge is 2.19. The molecule has 102 valence electrons. The lowest BCUT2D eigenvalue weighted by molar-refractivity contribution is 0.0948. The molecule has 0 saturated carbocycles. The molecule has 0 aliphatic rings. The molecule has 2 aromatic heterocycles. The van der Waals surface area contributed by atoms with Crippen LogP contribution >= 0.6 is 11.3 Å². The molecule has 2 rings (SSSR count). The van der Waals surface area contributed by atoms with Gasteiger partial charge in [0.15, 0.2) is 0 Å². The topological polar surface area (TPSA) is 84.3 Å². The van der Waals surface area contributed by atoms with Gasteiger partial charge in [-0.1, -0.05) is 0 Å². The van der Waals surface area contributed by atoms with Crippen LogP contribution in [0, 0.1) is 6.92 Å². The summed E-state index contributed by atoms with van der Waals surface area (Å²) in [4.78, 5) is 21.5. The molecule has 0 bridgehead atoms. The lowest BCUT2D eigenvalue weighted by Crippen LogP contribution is -2.26. The maximum atomic E-state index is 12.0. The lowest BCUT2D eigenvalue weighted by Gasteiger charge is -2.04. The van der Waals surface area contributed by atoms with Gasteiger partial charge >= 0.3 is 0 Å². The average Bonchev–Trinajstić information content (AvgIpc) is 2.75. The van der Waals surface area contributed by atoms with Crippen LogP contribution in [0.4, 0.5) is 0 Å². The second-order valence-electron chi connectivity index (χ2n) is 3.83. The molecule has 0 atom stereocenters. The number of fused-ring (bicyclic) bond motifs is 1. The van der Waals surface area contributed by atoms with Gasteiger partial charge in [-0.15, -0.1) is 11.3 Å². The summed E-state index contributed by atoms with van der Waals surface area (Å²) in [5.41, 5.74) is 0.805. The number of aliphatic hydroxyl groups excluding tert-OH is 1. The van der Waals surface area contributed by atoms with E-state index in [0.717, 1.165) is 15.8 Å². The first-order valence-electron chi connectivity index (χ1n) is 5.95. The van der Waals surface area contributed by atoms with E-state index in [9.17, 15) is 4.79 Å². The number of hydrogen-bond donors (Lipinski definition) is 2. The number of aromatic nitrogens is 2. The van der Waals surface area contributed by atoms with Crippen molar-refractivity contribution in [1.29, 1.82) is 0 Å². The minimum absolute atomic E-state index is 0.0836. The molecule has 7 heteroatoms. The van der Waals surface area contributed by atoms with E-state index >= 15 is 0 Å². The number of aryl methyl sites for hydroxylation is 1. The van der Waals surface area contributed by atoms with Crippen LogP contribution < -0.4 is 10.1 Å². The Balaban J connectivity index is 2.45. The molecule has 0 unspecified atom stereocenters. The predicted octanol–water partition coefficient (Wildman–Crippen LogP) is 1.12. The zero-order valence-corrected chi connectivity index (χ0v) is 11.6. The van der Waals surface area contributed by atoms with Gasteiger partial charge in [-0.25, -0.2) is 9.97 Å². The first kappa shape index (κ1) is 13.7. The Labute approximate surface area is 114 Å². The SMILES string of the molecule is CCOc1ncnc2sc(C(=O)NCCO)c(C)c12. The van der Waals surface area contributed by atoms with E-state index in [4.69, 9.17) is 9.84 Å². The highest BCUT2D eigenvalue weighted by atomic mass is 32.1. The van der Waals surface area contributed by atoms with Crippen molar-refractivity contribution >= 4 is 27.5 Å². The molecule has 0 spiro atoms. The summed E-state index contributed by atoms with van der Waals surface area (Å²) in [5.74, 6) is 0.291. The van der Waals surface area contributed by atoms with Crippen molar-refractivity contribution in [2.45, 2.75) is 13.8 Å². The molecule has 0 radical (unpaired) electrons. The number of thiophene rings is 1. The van der Waals surface area contributed by atoms with E-state index in [0.29, 0.717) is 17.4 Å². The zero-order chi connectivity index (χ0) is 13.8. The number of carbonyl (C=O) groups is 1. The number of ether oxygens (including phenoxy) is 1. The Morgan fingerprint density at radius 2 is 2.32 bits per heavy atom. The molecule has 0 aliphatic heterocycles. The van der Waals surface area contributed by atoms with Crippen molar-refractivity contribution in [1.82, 2.24) is 15.3 Å². The van der Waals surface area contributed by atoms with Gasteiger partial charge in [-0.3, -0.25) is 4.79 Å². The van der Waals surface area contributed by atoms with Crippen molar-refractivity contribution in [3.63, 3.8) is 0 Å². The van der Waals surface area contributed by atoms with Gasteiger partial charge in [0.25, 0.3) is 5.91 Å². The molecule has 2 N–H and O–H groups in total. The minimum atomic E-state index is -0.211. The van der Waals surface area contributed by atoms with Crippen molar-refractivity contribution in [3.05, 3.63) is 16.8 Å². The Bertz CT molecular complexity index is 597. The molecule has 0 saturated heterocycles. The monoisotopic (exact) mass is 281 g/mol. The second-order valence-corrected chi connectivity index (χ2v) is 4.83. The van der Waals surface area contributed by atoms with Gasteiger partial charge in [0.2, 0.25) is 5.88 Å². The third-order valence-corrected chi connectivity index (χ3v) is 3.78. The molecule has 19 heavy (non-hydrogen) atoms. The molecule has 0 fully saturated rings. The summed E-state index contributed by atoms with van der Waals surface area (Å²) in [6, 6.07) is 0. The van der Waals surface area contributed by atoms with Gasteiger partial charge in [-0.2, -0.15) is 0 Å². The summed E-state index contributed by atoms with van der Waals surface area (Å²) in [6.07, 6.45) is 1.43. The van der Waals surface area contributed by atoms with Crippen molar-refractivity contribution < 1.29 is 14.6 Å². The maximum absolute atomic E-state index is 12.0. The van der Waals surface area contributed by atoms with Crippen LogP contribution in [0.2, 0.25) is 0 Å². The largest absolute Gasteiger partial charge is 0.477 e. The van der Waals surface area contributed by atoms with Crippen LogP contribution in [0.1, 0.15) is 22.2 Å². The number of aliphatic hydroxyl groups is 1. The first-order valence-corrected chi connectivity index (χ1v) is 6.76. The molecule has 0 aliphatic carbocycles. The van der Waals surface area contributed by atoms with Gasteiger partial charge in [0.1, 0.15) is 11.2 Å².